The number of carbonyl (C=O) groups is 1. The molecule has 4 heteroatoms. The zero-order valence-corrected chi connectivity index (χ0v) is 14.8. The van der Waals surface area contributed by atoms with Gasteiger partial charge in [-0.2, -0.15) is 0 Å². The molecule has 0 aromatic rings. The number of aliphatic carboxylic acids is 1. The summed E-state index contributed by atoms with van der Waals surface area (Å²) >= 11 is 0. The van der Waals surface area contributed by atoms with Gasteiger partial charge in [-0.25, -0.2) is 0 Å². The van der Waals surface area contributed by atoms with Crippen LogP contribution in [0.5, 0.6) is 0 Å². The number of carboxylic acids is 1. The van der Waals surface area contributed by atoms with Crippen molar-refractivity contribution in [2.75, 3.05) is 0 Å². The van der Waals surface area contributed by atoms with Gasteiger partial charge in [0.15, 0.2) is 0 Å². The first-order valence-electron chi connectivity index (χ1n) is 9.17. The minimum atomic E-state index is -0.733. The van der Waals surface area contributed by atoms with Crippen molar-refractivity contribution in [3.05, 3.63) is 36.5 Å². The van der Waals surface area contributed by atoms with Gasteiger partial charge in [0.2, 0.25) is 0 Å². The van der Waals surface area contributed by atoms with Gasteiger partial charge >= 0.3 is 5.97 Å². The molecule has 3 unspecified atom stereocenters. The van der Waals surface area contributed by atoms with Crippen LogP contribution < -0.4 is 0 Å². The first-order chi connectivity index (χ1) is 11.6. The highest BCUT2D eigenvalue weighted by Crippen LogP contribution is 2.29. The molecule has 1 fully saturated rings. The lowest BCUT2D eigenvalue weighted by Gasteiger charge is -2.02. The lowest BCUT2D eigenvalue weighted by Crippen LogP contribution is -2.00. The Labute approximate surface area is 145 Å². The summed E-state index contributed by atoms with van der Waals surface area (Å²) in [5, 5.41) is 18.3. The molecule has 0 aliphatic carbocycles. The maximum Gasteiger partial charge on any atom is 0.303 e. The molecule has 1 aliphatic heterocycles. The average molecular weight is 336 g/mol. The fourth-order valence-corrected chi connectivity index (χ4v) is 2.50. The van der Waals surface area contributed by atoms with Gasteiger partial charge in [-0.1, -0.05) is 62.6 Å². The van der Waals surface area contributed by atoms with Crippen molar-refractivity contribution in [2.24, 2.45) is 0 Å². The fraction of sp³-hybridized carbons (Fsp3) is 0.650. The molecule has 0 bridgehead atoms. The zero-order chi connectivity index (χ0) is 17.6. The standard InChI is InChI=1S/C20H32O4/c1-2-3-7-12-17(21)13-8-6-10-15-19-18(24-19)14-9-4-5-11-16-20(22)23/h4,6,8-10,13,17-19,21H,2-3,5,7,11-12,14-16H2,1H3,(H,22,23). The van der Waals surface area contributed by atoms with Crippen LogP contribution in [0.1, 0.15) is 64.7 Å². The van der Waals surface area contributed by atoms with E-state index in [2.05, 4.69) is 19.1 Å². The van der Waals surface area contributed by atoms with E-state index in [4.69, 9.17) is 9.84 Å². The Bertz CT molecular complexity index is 425. The number of rotatable bonds is 14. The topological polar surface area (TPSA) is 70.1 Å². The van der Waals surface area contributed by atoms with E-state index >= 15 is 0 Å². The normalized spacial score (nSPS) is 21.9. The second-order valence-electron chi connectivity index (χ2n) is 6.32. The van der Waals surface area contributed by atoms with Crippen LogP contribution in [0.4, 0.5) is 0 Å². The summed E-state index contributed by atoms with van der Waals surface area (Å²) in [5.74, 6) is -0.733. The third-order valence-electron chi connectivity index (χ3n) is 4.04. The van der Waals surface area contributed by atoms with E-state index in [0.29, 0.717) is 18.6 Å². The van der Waals surface area contributed by atoms with Crippen LogP contribution in [-0.4, -0.2) is 34.5 Å². The van der Waals surface area contributed by atoms with Crippen LogP contribution in [0.15, 0.2) is 36.5 Å². The molecule has 136 valence electrons. The van der Waals surface area contributed by atoms with Gasteiger partial charge in [-0.15, -0.1) is 0 Å². The highest BCUT2D eigenvalue weighted by Gasteiger charge is 2.35. The number of unbranched alkanes of at least 4 members (excludes halogenated alkanes) is 3. The molecule has 1 saturated heterocycles. The Kier molecular flexibility index (Phi) is 11.2. The highest BCUT2D eigenvalue weighted by atomic mass is 16.6. The van der Waals surface area contributed by atoms with E-state index in [9.17, 15) is 9.90 Å². The van der Waals surface area contributed by atoms with Gasteiger partial charge in [0.1, 0.15) is 0 Å². The number of hydrogen-bond acceptors (Lipinski definition) is 3. The zero-order valence-electron chi connectivity index (χ0n) is 14.8. The van der Waals surface area contributed by atoms with Gasteiger partial charge < -0.3 is 14.9 Å². The summed E-state index contributed by atoms with van der Waals surface area (Å²) in [4.78, 5) is 10.4. The summed E-state index contributed by atoms with van der Waals surface area (Å²) in [7, 11) is 0. The molecule has 0 aromatic carbocycles. The van der Waals surface area contributed by atoms with Gasteiger partial charge in [-0.05, 0) is 32.1 Å². The molecular weight excluding hydrogens is 304 g/mol. The molecule has 2 N–H and O–H groups in total. The van der Waals surface area contributed by atoms with Crippen molar-refractivity contribution in [3.63, 3.8) is 0 Å². The Morgan fingerprint density at radius 1 is 1.08 bits per heavy atom. The molecule has 0 amide bonds. The molecular formula is C20H32O4. The lowest BCUT2D eigenvalue weighted by atomic mass is 10.1. The van der Waals surface area contributed by atoms with Gasteiger partial charge in [-0.3, -0.25) is 4.79 Å². The number of allylic oxidation sites excluding steroid dienone is 3. The molecule has 3 atom stereocenters. The van der Waals surface area contributed by atoms with E-state index in [1.807, 2.05) is 24.3 Å². The molecule has 24 heavy (non-hydrogen) atoms. The van der Waals surface area contributed by atoms with Crippen LogP contribution >= 0.6 is 0 Å². The van der Waals surface area contributed by atoms with Gasteiger partial charge in [0.05, 0.1) is 18.3 Å². The Balaban J connectivity index is 2.01. The Hall–Kier alpha value is -1.39. The summed E-state index contributed by atoms with van der Waals surface area (Å²) in [5.41, 5.74) is 0. The molecule has 4 nitrogen and oxygen atoms in total. The number of ether oxygens (including phenoxy) is 1. The highest BCUT2D eigenvalue weighted by molar-refractivity contribution is 5.66. The van der Waals surface area contributed by atoms with E-state index < -0.39 is 5.97 Å². The van der Waals surface area contributed by atoms with Crippen molar-refractivity contribution >= 4 is 5.97 Å². The predicted molar refractivity (Wildman–Crippen MR) is 97.0 cm³/mol. The largest absolute Gasteiger partial charge is 0.481 e. The molecule has 0 saturated carbocycles. The lowest BCUT2D eigenvalue weighted by molar-refractivity contribution is -0.137. The molecule has 1 heterocycles. The number of aliphatic hydroxyl groups excluding tert-OH is 1. The number of hydrogen-bond donors (Lipinski definition) is 2. The average Bonchev–Trinajstić information content (AvgIpc) is 3.29. The van der Waals surface area contributed by atoms with E-state index in [1.165, 1.54) is 12.8 Å². The summed E-state index contributed by atoms with van der Waals surface area (Å²) < 4.78 is 5.58. The maximum absolute atomic E-state index is 10.4. The summed E-state index contributed by atoms with van der Waals surface area (Å²) in [6.45, 7) is 2.16. The Morgan fingerprint density at radius 2 is 1.83 bits per heavy atom. The molecule has 0 spiro atoms. The van der Waals surface area contributed by atoms with E-state index in [-0.39, 0.29) is 12.5 Å². The SMILES string of the molecule is CCCCCC(O)C=CC=CCC1OC1CC=CCCCC(=O)O. The second-order valence-corrected chi connectivity index (χ2v) is 6.32. The third-order valence-corrected chi connectivity index (χ3v) is 4.04. The van der Waals surface area contributed by atoms with Crippen LogP contribution in [0, 0.1) is 0 Å². The maximum atomic E-state index is 10.4. The van der Waals surface area contributed by atoms with Crippen molar-refractivity contribution in [3.8, 4) is 0 Å². The quantitative estimate of drug-likeness (QED) is 0.213. The van der Waals surface area contributed by atoms with Gasteiger partial charge in [0.25, 0.3) is 0 Å². The number of aliphatic hydroxyl groups is 1. The predicted octanol–water partition coefficient (Wildman–Crippen LogP) is 4.40. The molecule has 1 rings (SSSR count). The minimum absolute atomic E-state index is 0.235. The summed E-state index contributed by atoms with van der Waals surface area (Å²) in [6, 6.07) is 0. The fourth-order valence-electron chi connectivity index (χ4n) is 2.50. The molecule has 0 aromatic heterocycles. The van der Waals surface area contributed by atoms with Crippen LogP contribution in [0.25, 0.3) is 0 Å². The van der Waals surface area contributed by atoms with E-state index in [1.54, 1.807) is 0 Å². The van der Waals surface area contributed by atoms with Crippen LogP contribution in [0.2, 0.25) is 0 Å². The second kappa shape index (κ2) is 13.0. The summed E-state index contributed by atoms with van der Waals surface area (Å²) in [6.07, 6.45) is 20.0. The van der Waals surface area contributed by atoms with Crippen molar-refractivity contribution in [1.82, 2.24) is 0 Å². The molecule has 0 radical (unpaired) electrons. The van der Waals surface area contributed by atoms with E-state index in [0.717, 1.165) is 32.1 Å². The van der Waals surface area contributed by atoms with Crippen LogP contribution in [0.3, 0.4) is 0 Å². The van der Waals surface area contributed by atoms with Crippen molar-refractivity contribution < 1.29 is 19.7 Å². The van der Waals surface area contributed by atoms with Gasteiger partial charge in [0, 0.05) is 6.42 Å². The van der Waals surface area contributed by atoms with Crippen LogP contribution in [-0.2, 0) is 9.53 Å². The number of carboxylic acid groups (broad SMARTS) is 1. The van der Waals surface area contributed by atoms with Crippen molar-refractivity contribution in [1.29, 1.82) is 0 Å². The third kappa shape index (κ3) is 11.2. The number of epoxide rings is 1. The smallest absolute Gasteiger partial charge is 0.303 e. The first-order valence-corrected chi connectivity index (χ1v) is 9.17. The minimum Gasteiger partial charge on any atom is -0.481 e. The first kappa shape index (κ1) is 20.7. The monoisotopic (exact) mass is 336 g/mol. The molecule has 1 aliphatic rings. The van der Waals surface area contributed by atoms with Crippen molar-refractivity contribution in [2.45, 2.75) is 83.0 Å². The Morgan fingerprint density at radius 3 is 2.54 bits per heavy atom.